The fraction of sp³-hybridized carbons (Fsp3) is 0.500. The van der Waals surface area contributed by atoms with Gasteiger partial charge in [0.25, 0.3) is 5.82 Å². The number of benzene rings is 1. The van der Waals surface area contributed by atoms with E-state index in [1.54, 1.807) is 12.1 Å². The summed E-state index contributed by atoms with van der Waals surface area (Å²) in [6.07, 6.45) is 5.47. The molecule has 0 spiro atoms. The summed E-state index contributed by atoms with van der Waals surface area (Å²) in [5, 5.41) is 0. The van der Waals surface area contributed by atoms with E-state index in [1.165, 1.54) is 12.8 Å². The average molecular weight is 353 g/mol. The molecule has 3 rings (SSSR count). The maximum atomic E-state index is 13.3. The molecule has 0 fully saturated rings. The fourth-order valence-electron chi connectivity index (χ4n) is 3.97. The van der Waals surface area contributed by atoms with Crippen molar-refractivity contribution in [2.75, 3.05) is 0 Å². The highest BCUT2D eigenvalue weighted by Gasteiger charge is 2.43. The molecule has 1 aliphatic rings. The van der Waals surface area contributed by atoms with E-state index in [1.807, 2.05) is 19.1 Å². The first-order valence-electron chi connectivity index (χ1n) is 9.85. The molecule has 4 nitrogen and oxygen atoms in total. The van der Waals surface area contributed by atoms with Crippen LogP contribution >= 0.6 is 0 Å². The zero-order chi connectivity index (χ0) is 18.8. The highest BCUT2D eigenvalue weighted by atomic mass is 16.1. The molecule has 0 saturated carbocycles. The molecular formula is C22H29N2O2+. The number of hydrogen-bond acceptors (Lipinski definition) is 2. The van der Waals surface area contributed by atoms with Crippen LogP contribution in [-0.2, 0) is 6.54 Å². The topological polar surface area (TPSA) is 43.0 Å². The van der Waals surface area contributed by atoms with Gasteiger partial charge in [0.15, 0.2) is 0 Å². The van der Waals surface area contributed by atoms with Crippen molar-refractivity contribution in [1.82, 2.24) is 4.57 Å². The molecule has 0 radical (unpaired) electrons. The summed E-state index contributed by atoms with van der Waals surface area (Å²) in [5.41, 5.74) is 2.23. The van der Waals surface area contributed by atoms with E-state index in [0.29, 0.717) is 22.5 Å². The van der Waals surface area contributed by atoms with E-state index in [2.05, 4.69) is 29.9 Å². The molecule has 0 aliphatic heterocycles. The van der Waals surface area contributed by atoms with Crippen LogP contribution in [0.2, 0.25) is 0 Å². The second-order valence-corrected chi connectivity index (χ2v) is 7.29. The van der Waals surface area contributed by atoms with Crippen molar-refractivity contribution in [3.05, 3.63) is 52.6 Å². The Balaban J connectivity index is 2.15. The first-order chi connectivity index (χ1) is 12.5. The number of hydrogen-bond donors (Lipinski definition) is 0. The zero-order valence-electron chi connectivity index (χ0n) is 16.3. The largest absolute Gasteiger partial charge is 0.284 e. The molecular weight excluding hydrogens is 324 g/mol. The molecule has 2 aromatic rings. The molecule has 138 valence electrons. The number of nitrogens with zero attached hydrogens (tertiary/aromatic N) is 2. The third-order valence-electron chi connectivity index (χ3n) is 5.59. The number of carbonyl (C=O) groups is 2. The predicted octanol–water partition coefficient (Wildman–Crippen LogP) is 4.41. The number of rotatable bonds is 7. The summed E-state index contributed by atoms with van der Waals surface area (Å²) in [6, 6.07) is 7.39. The second kappa shape index (κ2) is 7.56. The van der Waals surface area contributed by atoms with Crippen LogP contribution in [0.25, 0.3) is 0 Å². The molecule has 1 unspecified atom stereocenters. The van der Waals surface area contributed by atoms with E-state index in [9.17, 15) is 9.59 Å². The van der Waals surface area contributed by atoms with E-state index < -0.39 is 0 Å². The molecule has 26 heavy (non-hydrogen) atoms. The number of carbonyl (C=O) groups excluding carboxylic acids is 2. The third-order valence-corrected chi connectivity index (χ3v) is 5.59. The van der Waals surface area contributed by atoms with Crippen molar-refractivity contribution in [1.29, 1.82) is 0 Å². The summed E-state index contributed by atoms with van der Waals surface area (Å²) in [5.74, 6) is 0.970. The van der Waals surface area contributed by atoms with Crippen molar-refractivity contribution < 1.29 is 14.2 Å². The molecule has 1 heterocycles. The summed E-state index contributed by atoms with van der Waals surface area (Å²) < 4.78 is 4.18. The normalized spacial score (nSPS) is 14.3. The zero-order valence-corrected chi connectivity index (χ0v) is 16.3. The average Bonchev–Trinajstić information content (AvgIpc) is 2.95. The highest BCUT2D eigenvalue weighted by molar-refractivity contribution is 6.26. The van der Waals surface area contributed by atoms with E-state index >= 15 is 0 Å². The standard InChI is InChI=1S/C22H29N2O2/c1-5-7-8-11-14-23-16(4)24(15(3)6-2)20-19(23)21(25)17-12-9-10-13-18(17)22(20)26/h9-10,12-13,15H,5-8,11,14H2,1-4H3/q+1. The van der Waals surface area contributed by atoms with Crippen molar-refractivity contribution >= 4 is 11.6 Å². The van der Waals surface area contributed by atoms with Crippen LogP contribution in [0.4, 0.5) is 0 Å². The van der Waals surface area contributed by atoms with Gasteiger partial charge in [-0.25, -0.2) is 9.13 Å². The highest BCUT2D eigenvalue weighted by Crippen LogP contribution is 2.29. The Hall–Kier alpha value is -2.23. The molecule has 0 N–H and O–H groups in total. The Morgan fingerprint density at radius 3 is 2.27 bits per heavy atom. The van der Waals surface area contributed by atoms with Gasteiger partial charge in [-0.3, -0.25) is 9.59 Å². The summed E-state index contributed by atoms with van der Waals surface area (Å²) in [4.78, 5) is 26.5. The van der Waals surface area contributed by atoms with Gasteiger partial charge in [-0.05, 0) is 26.2 Å². The van der Waals surface area contributed by atoms with E-state index in [-0.39, 0.29) is 17.6 Å². The molecule has 0 bridgehead atoms. The Morgan fingerprint density at radius 1 is 1.00 bits per heavy atom. The van der Waals surface area contributed by atoms with Gasteiger partial charge in [0.2, 0.25) is 23.0 Å². The maximum Gasteiger partial charge on any atom is 0.254 e. The van der Waals surface area contributed by atoms with E-state index in [0.717, 1.165) is 31.6 Å². The monoisotopic (exact) mass is 353 g/mol. The Labute approximate surface area is 155 Å². The SMILES string of the molecule is CCCCCC[n+]1c2c(n(C(C)CC)c1C)C(=O)c1ccccc1C2=O. The first-order valence-corrected chi connectivity index (χ1v) is 9.85. The quantitative estimate of drug-likeness (QED) is 0.466. The van der Waals surface area contributed by atoms with Gasteiger partial charge in [-0.15, -0.1) is 0 Å². The predicted molar refractivity (Wildman–Crippen MR) is 102 cm³/mol. The first kappa shape index (κ1) is 18.6. The Morgan fingerprint density at radius 2 is 1.65 bits per heavy atom. The molecule has 4 heteroatoms. The van der Waals surface area contributed by atoms with Crippen molar-refractivity contribution in [3.63, 3.8) is 0 Å². The van der Waals surface area contributed by atoms with Gasteiger partial charge in [-0.1, -0.05) is 51.0 Å². The van der Waals surface area contributed by atoms with Gasteiger partial charge < -0.3 is 0 Å². The second-order valence-electron chi connectivity index (χ2n) is 7.29. The molecule has 1 aliphatic carbocycles. The number of aromatic nitrogens is 2. The van der Waals surface area contributed by atoms with Crippen LogP contribution in [0.5, 0.6) is 0 Å². The smallest absolute Gasteiger partial charge is 0.254 e. The lowest BCUT2D eigenvalue weighted by atomic mass is 9.89. The van der Waals surface area contributed by atoms with Crippen LogP contribution in [-0.4, -0.2) is 16.1 Å². The van der Waals surface area contributed by atoms with Gasteiger partial charge in [0.05, 0.1) is 12.6 Å². The van der Waals surface area contributed by atoms with Crippen molar-refractivity contribution in [3.8, 4) is 0 Å². The lowest BCUT2D eigenvalue weighted by Crippen LogP contribution is -2.43. The molecule has 0 saturated heterocycles. The summed E-state index contributed by atoms with van der Waals surface area (Å²) in [7, 11) is 0. The maximum absolute atomic E-state index is 13.3. The van der Waals surface area contributed by atoms with Crippen LogP contribution < -0.4 is 4.57 Å². The van der Waals surface area contributed by atoms with Gasteiger partial charge in [0, 0.05) is 18.1 Å². The van der Waals surface area contributed by atoms with Gasteiger partial charge >= 0.3 is 0 Å². The Bertz CT molecular complexity index is 848. The minimum atomic E-state index is -0.0223. The van der Waals surface area contributed by atoms with Gasteiger partial charge in [-0.2, -0.15) is 0 Å². The van der Waals surface area contributed by atoms with Crippen LogP contribution in [0.1, 0.15) is 96.8 Å². The summed E-state index contributed by atoms with van der Waals surface area (Å²) in [6.45, 7) is 9.26. The molecule has 1 aromatic carbocycles. The number of fused-ring (bicyclic) bond motifs is 2. The van der Waals surface area contributed by atoms with Crippen LogP contribution in [0, 0.1) is 6.92 Å². The lowest BCUT2D eigenvalue weighted by Gasteiger charge is -2.14. The minimum Gasteiger partial charge on any atom is -0.284 e. The summed E-state index contributed by atoms with van der Waals surface area (Å²) >= 11 is 0. The minimum absolute atomic E-state index is 0.0177. The van der Waals surface area contributed by atoms with Crippen molar-refractivity contribution in [2.24, 2.45) is 0 Å². The number of ketones is 2. The lowest BCUT2D eigenvalue weighted by molar-refractivity contribution is -0.704. The van der Waals surface area contributed by atoms with Crippen molar-refractivity contribution in [2.45, 2.75) is 72.4 Å². The number of imidazole rings is 1. The van der Waals surface area contributed by atoms with Gasteiger partial charge in [0.1, 0.15) is 0 Å². The van der Waals surface area contributed by atoms with Crippen LogP contribution in [0.3, 0.4) is 0 Å². The van der Waals surface area contributed by atoms with Crippen LogP contribution in [0.15, 0.2) is 24.3 Å². The van der Waals surface area contributed by atoms with E-state index in [4.69, 9.17) is 0 Å². The number of unbranched alkanes of at least 4 members (excludes halogenated alkanes) is 3. The molecule has 1 aromatic heterocycles. The molecule has 1 atom stereocenters. The fourth-order valence-corrected chi connectivity index (χ4v) is 3.97. The third kappa shape index (κ3) is 2.91. The molecule has 0 amide bonds. The Kier molecular flexibility index (Phi) is 5.40.